The first-order valence-electron chi connectivity index (χ1n) is 10.9. The van der Waals surface area contributed by atoms with Crippen LogP contribution in [0.4, 0.5) is 5.69 Å². The normalized spacial score (nSPS) is 31.6. The third-order valence-corrected chi connectivity index (χ3v) is 7.27. The molecule has 4 fully saturated rings. The molecular formula is C21H23N9O2. The van der Waals surface area contributed by atoms with Gasteiger partial charge in [0.1, 0.15) is 6.04 Å². The number of likely N-dealkylation sites (tertiary alicyclic amines) is 2. The van der Waals surface area contributed by atoms with E-state index in [-0.39, 0.29) is 36.0 Å². The number of aromatic nitrogens is 4. The quantitative estimate of drug-likeness (QED) is 0.641. The van der Waals surface area contributed by atoms with Crippen molar-refractivity contribution in [2.45, 2.75) is 49.5 Å². The highest BCUT2D eigenvalue weighted by Crippen LogP contribution is 2.47. The first-order valence-corrected chi connectivity index (χ1v) is 10.9. The van der Waals surface area contributed by atoms with Gasteiger partial charge in [0.15, 0.2) is 0 Å². The van der Waals surface area contributed by atoms with Crippen molar-refractivity contribution in [3.63, 3.8) is 0 Å². The number of nitrogens with two attached hydrogens (primary N) is 1. The summed E-state index contributed by atoms with van der Waals surface area (Å²) in [6.07, 6.45) is 2.46. The van der Waals surface area contributed by atoms with Crippen LogP contribution < -0.4 is 10.6 Å². The zero-order chi connectivity index (χ0) is 22.0. The molecule has 4 aliphatic rings. The van der Waals surface area contributed by atoms with Gasteiger partial charge in [-0.3, -0.25) is 14.5 Å². The second-order valence-corrected chi connectivity index (χ2v) is 9.15. The maximum atomic E-state index is 13.1. The van der Waals surface area contributed by atoms with Crippen LogP contribution in [0.5, 0.6) is 0 Å². The predicted molar refractivity (Wildman–Crippen MR) is 112 cm³/mol. The Morgan fingerprint density at radius 3 is 2.78 bits per heavy atom. The summed E-state index contributed by atoms with van der Waals surface area (Å²) in [5.41, 5.74) is 7.93. The number of nitrogens with zero attached hydrogens (tertiary/aromatic N) is 7. The van der Waals surface area contributed by atoms with E-state index in [4.69, 9.17) is 5.73 Å². The van der Waals surface area contributed by atoms with E-state index in [1.807, 2.05) is 34.1 Å². The molecule has 4 heterocycles. The molecule has 1 aromatic carbocycles. The van der Waals surface area contributed by atoms with Gasteiger partial charge in [-0.1, -0.05) is 0 Å². The van der Waals surface area contributed by atoms with Gasteiger partial charge in [-0.2, -0.15) is 10.5 Å². The second kappa shape index (κ2) is 7.08. The smallest absolute Gasteiger partial charge is 0.244 e. The van der Waals surface area contributed by atoms with E-state index in [1.54, 1.807) is 4.90 Å². The van der Waals surface area contributed by atoms with Crippen LogP contribution in [0.2, 0.25) is 0 Å². The number of nitriles is 1. The van der Waals surface area contributed by atoms with Gasteiger partial charge < -0.3 is 15.5 Å². The highest BCUT2D eigenvalue weighted by Gasteiger charge is 2.55. The molecule has 11 nitrogen and oxygen atoms in total. The van der Waals surface area contributed by atoms with E-state index in [9.17, 15) is 14.9 Å². The van der Waals surface area contributed by atoms with Gasteiger partial charge in [0.05, 0.1) is 24.2 Å². The average Bonchev–Trinajstić information content (AvgIpc) is 3.25. The summed E-state index contributed by atoms with van der Waals surface area (Å²) in [6.45, 7) is 1.01. The molecule has 1 aromatic heterocycles. The largest absolute Gasteiger partial charge is 0.322 e. The summed E-state index contributed by atoms with van der Waals surface area (Å²) < 4.78 is 0. The summed E-state index contributed by atoms with van der Waals surface area (Å²) in [5.74, 6) is 0.835. The minimum atomic E-state index is -0.722. The van der Waals surface area contributed by atoms with Gasteiger partial charge >= 0.3 is 0 Å². The molecule has 164 valence electrons. The third-order valence-electron chi connectivity index (χ3n) is 7.27. The Morgan fingerprint density at radius 2 is 2.09 bits per heavy atom. The van der Waals surface area contributed by atoms with Gasteiger partial charge in [0, 0.05) is 30.4 Å². The summed E-state index contributed by atoms with van der Waals surface area (Å²) in [4.78, 5) is 31.6. The van der Waals surface area contributed by atoms with Crippen molar-refractivity contribution in [3.8, 4) is 17.5 Å². The molecule has 3 aliphatic heterocycles. The van der Waals surface area contributed by atoms with E-state index in [0.29, 0.717) is 24.8 Å². The molecule has 3 N–H and O–H groups in total. The Hall–Kier alpha value is -3.36. The summed E-state index contributed by atoms with van der Waals surface area (Å²) >= 11 is 0. The highest BCUT2D eigenvalue weighted by molar-refractivity contribution is 6.01. The van der Waals surface area contributed by atoms with Crippen molar-refractivity contribution in [2.24, 2.45) is 11.7 Å². The average molecular weight is 433 g/mol. The number of fused-ring (bicyclic) bond motifs is 3. The molecule has 2 bridgehead atoms. The standard InChI is InChI=1S/C21H23N9O2/c22-8-14-5-12-6-17(12)30(14)20(31)16(23)10-28-9-15-7-18(28)21(32)29(15)13-3-1-11(2-4-13)19-24-26-27-25-19/h1-4,12,14-18H,5-7,9-10,23H2,(H,24,25,26,27)/t12-,14+,15+,16+,17?,18+/m1/s1. The monoisotopic (exact) mass is 433 g/mol. The Balaban J connectivity index is 1.11. The number of benzene rings is 1. The second-order valence-electron chi connectivity index (χ2n) is 9.15. The fourth-order valence-corrected chi connectivity index (χ4v) is 5.67. The zero-order valence-corrected chi connectivity index (χ0v) is 17.3. The van der Waals surface area contributed by atoms with Crippen LogP contribution in [0.25, 0.3) is 11.4 Å². The number of piperazine rings is 1. The highest BCUT2D eigenvalue weighted by atomic mass is 16.2. The molecule has 32 heavy (non-hydrogen) atoms. The Bertz CT molecular complexity index is 1100. The SMILES string of the molecule is N#C[C@@H]1C[C@@H]2CC2N1C(=O)[C@@H](N)CN1C[C@@H]2C[C@H]1C(=O)N2c1ccc(-c2nn[nH]n2)cc1. The van der Waals surface area contributed by atoms with Crippen LogP contribution in [-0.2, 0) is 9.59 Å². The van der Waals surface area contributed by atoms with E-state index < -0.39 is 6.04 Å². The van der Waals surface area contributed by atoms with Gasteiger partial charge in [0.2, 0.25) is 17.6 Å². The van der Waals surface area contributed by atoms with E-state index >= 15 is 0 Å². The number of hydrogen-bond acceptors (Lipinski definition) is 8. The fraction of sp³-hybridized carbons (Fsp3) is 0.524. The van der Waals surface area contributed by atoms with Crippen molar-refractivity contribution >= 4 is 17.5 Å². The van der Waals surface area contributed by atoms with E-state index in [0.717, 1.165) is 30.5 Å². The Morgan fingerprint density at radius 1 is 1.28 bits per heavy atom. The van der Waals surface area contributed by atoms with Crippen molar-refractivity contribution in [2.75, 3.05) is 18.0 Å². The number of H-pyrrole nitrogens is 1. The summed E-state index contributed by atoms with van der Waals surface area (Å²) in [5, 5.41) is 23.3. The molecule has 0 radical (unpaired) electrons. The molecule has 0 spiro atoms. The number of nitrogens with one attached hydrogen (secondary N) is 1. The first kappa shape index (κ1) is 19.3. The molecule has 6 rings (SSSR count). The zero-order valence-electron chi connectivity index (χ0n) is 17.3. The van der Waals surface area contributed by atoms with Crippen LogP contribution in [0.3, 0.4) is 0 Å². The molecule has 2 aromatic rings. The van der Waals surface area contributed by atoms with Crippen LogP contribution >= 0.6 is 0 Å². The number of rotatable bonds is 5. The molecule has 1 unspecified atom stereocenters. The van der Waals surface area contributed by atoms with Crippen LogP contribution in [0, 0.1) is 17.2 Å². The van der Waals surface area contributed by atoms with Gasteiger partial charge in [-0.05, 0) is 54.7 Å². The summed E-state index contributed by atoms with van der Waals surface area (Å²) in [6, 6.07) is 8.65. The van der Waals surface area contributed by atoms with E-state index in [2.05, 4.69) is 26.7 Å². The molecule has 1 saturated carbocycles. The predicted octanol–water partition coefficient (Wildman–Crippen LogP) is -0.504. The van der Waals surface area contributed by atoms with Crippen LogP contribution in [0.15, 0.2) is 24.3 Å². The number of aromatic amines is 1. The maximum absolute atomic E-state index is 13.1. The van der Waals surface area contributed by atoms with Gasteiger partial charge in [0.25, 0.3) is 0 Å². The summed E-state index contributed by atoms with van der Waals surface area (Å²) in [7, 11) is 0. The number of amides is 2. The third kappa shape index (κ3) is 2.91. The lowest BCUT2D eigenvalue weighted by Gasteiger charge is -2.35. The van der Waals surface area contributed by atoms with Crippen molar-refractivity contribution < 1.29 is 9.59 Å². The molecule has 11 heteroatoms. The first-order chi connectivity index (χ1) is 15.5. The topological polar surface area (TPSA) is 148 Å². The molecule has 3 saturated heterocycles. The number of anilines is 1. The molecule has 1 aliphatic carbocycles. The number of carbonyl (C=O) groups excluding carboxylic acids is 2. The molecular weight excluding hydrogens is 410 g/mol. The van der Waals surface area contributed by atoms with Crippen molar-refractivity contribution in [1.82, 2.24) is 30.4 Å². The lowest BCUT2D eigenvalue weighted by atomic mass is 10.1. The van der Waals surface area contributed by atoms with Crippen LogP contribution in [-0.4, -0.2) is 85.5 Å². The number of carbonyl (C=O) groups is 2. The minimum absolute atomic E-state index is 0.0338. The maximum Gasteiger partial charge on any atom is 0.244 e. The lowest BCUT2D eigenvalue weighted by molar-refractivity contribution is -0.135. The number of hydrogen-bond donors (Lipinski definition) is 2. The Kier molecular flexibility index (Phi) is 4.28. The lowest BCUT2D eigenvalue weighted by Crippen LogP contribution is -2.57. The fourth-order valence-electron chi connectivity index (χ4n) is 5.67. The Labute approximate surface area is 184 Å². The van der Waals surface area contributed by atoms with E-state index in [1.165, 1.54) is 0 Å². The molecule has 6 atom stereocenters. The van der Waals surface area contributed by atoms with Gasteiger partial charge in [-0.25, -0.2) is 0 Å². The number of piperidine rings is 1. The molecule has 2 amide bonds. The van der Waals surface area contributed by atoms with Crippen LogP contribution in [0.1, 0.15) is 19.3 Å². The van der Waals surface area contributed by atoms with Crippen molar-refractivity contribution in [3.05, 3.63) is 24.3 Å². The van der Waals surface area contributed by atoms with Crippen molar-refractivity contribution in [1.29, 1.82) is 5.26 Å². The van der Waals surface area contributed by atoms with Gasteiger partial charge in [-0.15, -0.1) is 10.2 Å². The number of tetrazole rings is 1. The minimum Gasteiger partial charge on any atom is -0.322 e.